The first kappa shape index (κ1) is 12.6. The highest BCUT2D eigenvalue weighted by molar-refractivity contribution is 7.17. The number of aldehydes is 1. The molecule has 1 saturated carbocycles. The molecule has 1 aromatic rings. The molecule has 94 valence electrons. The van der Waals surface area contributed by atoms with Crippen LogP contribution in [0.1, 0.15) is 54.4 Å². The highest BCUT2D eigenvalue weighted by Crippen LogP contribution is 2.34. The lowest BCUT2D eigenvalue weighted by Gasteiger charge is -2.14. The fraction of sp³-hybridized carbons (Fsp3) is 0.692. The first-order valence-corrected chi connectivity index (χ1v) is 7.14. The number of hydrogen-bond donors (Lipinski definition) is 0. The molecule has 0 aromatic carbocycles. The van der Waals surface area contributed by atoms with Crippen LogP contribution in [0.15, 0.2) is 0 Å². The molecular formula is C13H20N2OS. The third kappa shape index (κ3) is 2.86. The number of thiazole rings is 1. The Labute approximate surface area is 107 Å². The van der Waals surface area contributed by atoms with Crippen molar-refractivity contribution in [1.82, 2.24) is 4.98 Å². The fourth-order valence-electron chi connectivity index (χ4n) is 1.89. The Bertz CT molecular complexity index is 398. The molecule has 1 heterocycles. The van der Waals surface area contributed by atoms with E-state index in [1.165, 1.54) is 24.2 Å². The van der Waals surface area contributed by atoms with Gasteiger partial charge in [-0.15, -0.1) is 0 Å². The van der Waals surface area contributed by atoms with Crippen LogP contribution in [0.4, 0.5) is 5.13 Å². The van der Waals surface area contributed by atoms with Gasteiger partial charge >= 0.3 is 0 Å². The summed E-state index contributed by atoms with van der Waals surface area (Å²) in [5, 5.41) is 0.995. The van der Waals surface area contributed by atoms with E-state index in [1.54, 1.807) is 0 Å². The first-order chi connectivity index (χ1) is 8.15. The van der Waals surface area contributed by atoms with Gasteiger partial charge in [-0.05, 0) is 31.1 Å². The highest BCUT2D eigenvalue weighted by atomic mass is 32.1. The van der Waals surface area contributed by atoms with E-state index < -0.39 is 0 Å². The molecule has 1 aliphatic carbocycles. The Balaban J connectivity index is 2.16. The number of hydrogen-bond acceptors (Lipinski definition) is 4. The summed E-state index contributed by atoms with van der Waals surface area (Å²) in [6.45, 7) is 5.34. The molecule has 3 nitrogen and oxygen atoms in total. The maximum Gasteiger partial charge on any atom is 0.185 e. The van der Waals surface area contributed by atoms with Crippen molar-refractivity contribution in [2.75, 3.05) is 18.5 Å². The Kier molecular flexibility index (Phi) is 3.82. The van der Waals surface area contributed by atoms with Gasteiger partial charge in [-0.2, -0.15) is 0 Å². The molecule has 1 aliphatic rings. The quantitative estimate of drug-likeness (QED) is 0.728. The van der Waals surface area contributed by atoms with E-state index in [0.29, 0.717) is 5.92 Å². The van der Waals surface area contributed by atoms with E-state index in [1.807, 2.05) is 0 Å². The summed E-state index contributed by atoms with van der Waals surface area (Å²) >= 11 is 1.53. The standard InChI is InChI=1S/C13H20N2OS/c1-4-9(2)12-11(8-16)17-13(14-12)15(3)7-10-5-6-10/h8-10H,4-7H2,1-3H3. The van der Waals surface area contributed by atoms with Gasteiger partial charge < -0.3 is 4.90 Å². The maximum absolute atomic E-state index is 11.1. The monoisotopic (exact) mass is 252 g/mol. The number of nitrogens with zero attached hydrogens (tertiary/aromatic N) is 2. The summed E-state index contributed by atoms with van der Waals surface area (Å²) in [5.74, 6) is 1.21. The van der Waals surface area contributed by atoms with Crippen molar-refractivity contribution in [3.63, 3.8) is 0 Å². The zero-order valence-corrected chi connectivity index (χ0v) is 11.6. The second-order valence-corrected chi connectivity index (χ2v) is 6.01. The highest BCUT2D eigenvalue weighted by Gasteiger charge is 2.25. The summed E-state index contributed by atoms with van der Waals surface area (Å²) in [6.07, 6.45) is 4.66. The molecule has 0 aliphatic heterocycles. The van der Waals surface area contributed by atoms with Crippen LogP contribution in [0.5, 0.6) is 0 Å². The van der Waals surface area contributed by atoms with Gasteiger partial charge in [0.1, 0.15) is 0 Å². The lowest BCUT2D eigenvalue weighted by atomic mass is 10.0. The number of carbonyl (C=O) groups is 1. The van der Waals surface area contributed by atoms with E-state index in [4.69, 9.17) is 0 Å². The number of rotatable bonds is 6. The van der Waals surface area contributed by atoms with Crippen molar-refractivity contribution in [2.24, 2.45) is 5.92 Å². The molecule has 0 N–H and O–H groups in total. The largest absolute Gasteiger partial charge is 0.351 e. The third-order valence-corrected chi connectivity index (χ3v) is 4.52. The van der Waals surface area contributed by atoms with Gasteiger partial charge in [0.05, 0.1) is 10.6 Å². The minimum absolute atomic E-state index is 0.370. The zero-order chi connectivity index (χ0) is 12.4. The maximum atomic E-state index is 11.1. The second-order valence-electron chi connectivity index (χ2n) is 5.00. The number of aromatic nitrogens is 1. The van der Waals surface area contributed by atoms with Crippen LogP contribution in [-0.2, 0) is 0 Å². The Morgan fingerprint density at radius 3 is 2.82 bits per heavy atom. The van der Waals surface area contributed by atoms with Crippen LogP contribution in [0, 0.1) is 5.92 Å². The van der Waals surface area contributed by atoms with Crippen molar-refractivity contribution in [3.05, 3.63) is 10.6 Å². The lowest BCUT2D eigenvalue weighted by Crippen LogP contribution is -2.19. The minimum atomic E-state index is 0.370. The topological polar surface area (TPSA) is 33.2 Å². The average molecular weight is 252 g/mol. The molecule has 0 saturated heterocycles. The minimum Gasteiger partial charge on any atom is -0.351 e. The number of anilines is 1. The smallest absolute Gasteiger partial charge is 0.185 e. The SMILES string of the molecule is CCC(C)c1nc(N(C)CC2CC2)sc1C=O. The van der Waals surface area contributed by atoms with E-state index in [9.17, 15) is 4.79 Å². The summed E-state index contributed by atoms with van der Waals surface area (Å²) in [5.41, 5.74) is 0.977. The van der Waals surface area contributed by atoms with Crippen molar-refractivity contribution in [2.45, 2.75) is 39.0 Å². The molecule has 1 aromatic heterocycles. The van der Waals surface area contributed by atoms with Gasteiger partial charge in [0.15, 0.2) is 11.4 Å². The van der Waals surface area contributed by atoms with Crippen LogP contribution >= 0.6 is 11.3 Å². The lowest BCUT2D eigenvalue weighted by molar-refractivity contribution is 0.112. The van der Waals surface area contributed by atoms with Crippen molar-refractivity contribution in [1.29, 1.82) is 0 Å². The van der Waals surface area contributed by atoms with Crippen LogP contribution in [0.25, 0.3) is 0 Å². The van der Waals surface area contributed by atoms with Gasteiger partial charge in [0.2, 0.25) is 0 Å². The fourth-order valence-corrected chi connectivity index (χ4v) is 2.86. The molecule has 1 unspecified atom stereocenters. The van der Waals surface area contributed by atoms with Crippen LogP contribution < -0.4 is 4.90 Å². The molecule has 0 bridgehead atoms. The van der Waals surface area contributed by atoms with E-state index >= 15 is 0 Å². The van der Waals surface area contributed by atoms with Crippen LogP contribution in [0.3, 0.4) is 0 Å². The van der Waals surface area contributed by atoms with Gasteiger partial charge in [-0.3, -0.25) is 4.79 Å². The average Bonchev–Trinajstić information content (AvgIpc) is 3.03. The summed E-state index contributed by atoms with van der Waals surface area (Å²) in [6, 6.07) is 0. The summed E-state index contributed by atoms with van der Waals surface area (Å²) in [4.78, 5) is 18.7. The van der Waals surface area contributed by atoms with Gasteiger partial charge in [0, 0.05) is 13.6 Å². The summed E-state index contributed by atoms with van der Waals surface area (Å²) < 4.78 is 0. The van der Waals surface area contributed by atoms with E-state index in [2.05, 4.69) is 30.8 Å². The number of carbonyl (C=O) groups excluding carboxylic acids is 1. The molecule has 2 rings (SSSR count). The van der Waals surface area contributed by atoms with Crippen molar-refractivity contribution in [3.8, 4) is 0 Å². The van der Waals surface area contributed by atoms with E-state index in [0.717, 1.165) is 40.9 Å². The van der Waals surface area contributed by atoms with E-state index in [-0.39, 0.29) is 0 Å². The van der Waals surface area contributed by atoms with Gasteiger partial charge in [-0.25, -0.2) is 4.98 Å². The molecule has 0 amide bonds. The molecule has 0 spiro atoms. The molecule has 17 heavy (non-hydrogen) atoms. The molecular weight excluding hydrogens is 232 g/mol. The second kappa shape index (κ2) is 5.17. The predicted molar refractivity (Wildman–Crippen MR) is 72.2 cm³/mol. The van der Waals surface area contributed by atoms with Gasteiger partial charge in [0.25, 0.3) is 0 Å². The van der Waals surface area contributed by atoms with Gasteiger partial charge in [-0.1, -0.05) is 25.2 Å². The molecule has 4 heteroatoms. The van der Waals surface area contributed by atoms with Crippen molar-refractivity contribution < 1.29 is 4.79 Å². The van der Waals surface area contributed by atoms with Crippen LogP contribution in [0.2, 0.25) is 0 Å². The normalized spacial score (nSPS) is 16.9. The third-order valence-electron chi connectivity index (χ3n) is 3.41. The first-order valence-electron chi connectivity index (χ1n) is 6.32. The predicted octanol–water partition coefficient (Wildman–Crippen LogP) is 3.32. The molecule has 1 fully saturated rings. The Morgan fingerprint density at radius 2 is 2.29 bits per heavy atom. The van der Waals surface area contributed by atoms with Crippen molar-refractivity contribution >= 4 is 22.8 Å². The Hall–Kier alpha value is -0.900. The summed E-state index contributed by atoms with van der Waals surface area (Å²) in [7, 11) is 2.08. The van der Waals surface area contributed by atoms with Crippen LogP contribution in [-0.4, -0.2) is 24.9 Å². The molecule has 0 radical (unpaired) electrons. The Morgan fingerprint density at radius 1 is 1.59 bits per heavy atom. The molecule has 1 atom stereocenters. The zero-order valence-electron chi connectivity index (χ0n) is 10.8.